The highest BCUT2D eigenvalue weighted by Gasteiger charge is 2.23. The van der Waals surface area contributed by atoms with Crippen LogP contribution in [0, 0.1) is 13.8 Å². The van der Waals surface area contributed by atoms with E-state index >= 15 is 0 Å². The molecule has 152 valence electrons. The molecule has 29 heavy (non-hydrogen) atoms. The van der Waals surface area contributed by atoms with Crippen molar-refractivity contribution in [1.29, 1.82) is 0 Å². The van der Waals surface area contributed by atoms with Crippen molar-refractivity contribution in [2.75, 3.05) is 4.31 Å². The molecule has 0 aliphatic carbocycles. The van der Waals surface area contributed by atoms with Crippen molar-refractivity contribution in [2.45, 2.75) is 33.2 Å². The average molecular weight is 412 g/mol. The van der Waals surface area contributed by atoms with Gasteiger partial charge in [0.1, 0.15) is 17.3 Å². The number of hydrogen-bond acceptors (Lipinski definition) is 5. The van der Waals surface area contributed by atoms with Gasteiger partial charge in [-0.2, -0.15) is 0 Å². The fourth-order valence-electron chi connectivity index (χ4n) is 3.01. The minimum Gasteiger partial charge on any atom is -0.755 e. The van der Waals surface area contributed by atoms with Gasteiger partial charge < -0.3 is 14.3 Å². The van der Waals surface area contributed by atoms with Crippen molar-refractivity contribution >= 4 is 28.7 Å². The van der Waals surface area contributed by atoms with Crippen LogP contribution in [0.15, 0.2) is 59.1 Å². The summed E-state index contributed by atoms with van der Waals surface area (Å²) in [4.78, 5) is 17.2. The summed E-state index contributed by atoms with van der Waals surface area (Å²) in [5.41, 5.74) is 1.30. The molecular formula is C21H22N3O4S-. The van der Waals surface area contributed by atoms with Gasteiger partial charge in [0.15, 0.2) is 0 Å². The molecule has 0 saturated carbocycles. The van der Waals surface area contributed by atoms with E-state index in [1.165, 1.54) is 6.20 Å². The Morgan fingerprint density at radius 2 is 2.03 bits per heavy atom. The van der Waals surface area contributed by atoms with Crippen LogP contribution in [0.25, 0.3) is 0 Å². The van der Waals surface area contributed by atoms with Crippen molar-refractivity contribution in [3.63, 3.8) is 0 Å². The number of hydrogen-bond donors (Lipinski definition) is 1. The average Bonchev–Trinajstić information content (AvgIpc) is 3.14. The van der Waals surface area contributed by atoms with Crippen LogP contribution in [-0.2, 0) is 11.3 Å². The molecule has 0 aliphatic rings. The minimum absolute atomic E-state index is 0.201. The van der Waals surface area contributed by atoms with E-state index in [-0.39, 0.29) is 23.1 Å². The number of carbonyl (C=O) groups excluding carboxylic acids is 1. The maximum absolute atomic E-state index is 13.1. The Morgan fingerprint density at radius 3 is 2.62 bits per heavy atom. The highest BCUT2D eigenvalue weighted by Crippen LogP contribution is 2.30. The fourth-order valence-corrected chi connectivity index (χ4v) is 3.59. The molecule has 7 nitrogen and oxygen atoms in total. The second-order valence-electron chi connectivity index (χ2n) is 6.60. The monoisotopic (exact) mass is 412 g/mol. The Labute approximate surface area is 172 Å². The second-order valence-corrected chi connectivity index (χ2v) is 7.40. The number of pyridine rings is 1. The van der Waals surface area contributed by atoms with E-state index < -0.39 is 17.2 Å². The molecule has 1 N–H and O–H groups in total. The summed E-state index contributed by atoms with van der Waals surface area (Å²) >= 11 is -2.66. The van der Waals surface area contributed by atoms with Crippen LogP contribution < -0.4 is 9.62 Å². The van der Waals surface area contributed by atoms with Gasteiger partial charge in [0, 0.05) is 6.20 Å². The third kappa shape index (κ3) is 4.72. The van der Waals surface area contributed by atoms with Crippen LogP contribution in [0.2, 0.25) is 0 Å². The molecule has 0 aliphatic heterocycles. The lowest BCUT2D eigenvalue weighted by Gasteiger charge is -2.27. The van der Waals surface area contributed by atoms with Crippen molar-refractivity contribution in [2.24, 2.45) is 0 Å². The first-order valence-electron chi connectivity index (χ1n) is 9.19. The maximum atomic E-state index is 13.1. The number of amides is 1. The number of carbonyl (C=O) groups is 1. The lowest BCUT2D eigenvalue weighted by atomic mass is 10.1. The number of aromatic nitrogens is 1. The maximum Gasteiger partial charge on any atom is 0.254 e. The third-order valence-electron chi connectivity index (χ3n) is 4.44. The molecule has 2 unspecified atom stereocenters. The first-order chi connectivity index (χ1) is 13.9. The smallest absolute Gasteiger partial charge is 0.254 e. The van der Waals surface area contributed by atoms with Crippen molar-refractivity contribution in [3.05, 3.63) is 77.4 Å². The van der Waals surface area contributed by atoms with E-state index in [1.54, 1.807) is 36.4 Å². The first-order valence-corrected chi connectivity index (χ1v) is 10.2. The van der Waals surface area contributed by atoms with E-state index in [1.807, 2.05) is 32.9 Å². The molecule has 0 spiro atoms. The normalized spacial score (nSPS) is 13.0. The van der Waals surface area contributed by atoms with Crippen LogP contribution in [0.5, 0.6) is 0 Å². The predicted molar refractivity (Wildman–Crippen MR) is 110 cm³/mol. The van der Waals surface area contributed by atoms with Gasteiger partial charge in [-0.25, -0.2) is 4.98 Å². The standard InChI is InChI=1S/C21H23N3O4S/c1-4-17(19-11-9-15(3)28-19)23-21(25)16-13-14(2)8-10-18(16)24(29(26)27)20-7-5-6-12-22-20/h5-13,17H,4H2,1-3H3,(H,23,25)(H,26,27)/p-1. The predicted octanol–water partition coefficient (Wildman–Crippen LogP) is 4.10. The topological polar surface area (TPSA) is 98.5 Å². The second kappa shape index (κ2) is 9.02. The summed E-state index contributed by atoms with van der Waals surface area (Å²) in [6.07, 6.45) is 2.12. The molecule has 0 bridgehead atoms. The zero-order valence-corrected chi connectivity index (χ0v) is 17.2. The van der Waals surface area contributed by atoms with Gasteiger partial charge >= 0.3 is 0 Å². The van der Waals surface area contributed by atoms with Crippen LogP contribution in [-0.4, -0.2) is 19.7 Å². The SMILES string of the molecule is CCC(NC(=O)c1cc(C)ccc1N(c1ccccn1)S(=O)[O-])c1ccc(C)o1. The molecule has 0 fully saturated rings. The first kappa shape index (κ1) is 20.8. The molecular weight excluding hydrogens is 390 g/mol. The lowest BCUT2D eigenvalue weighted by molar-refractivity contribution is 0.0930. The summed E-state index contributed by atoms with van der Waals surface area (Å²) in [5, 5.41) is 2.94. The van der Waals surface area contributed by atoms with E-state index in [0.29, 0.717) is 12.2 Å². The molecule has 1 aromatic carbocycles. The molecule has 3 aromatic rings. The Morgan fingerprint density at radius 1 is 1.24 bits per heavy atom. The third-order valence-corrected chi connectivity index (χ3v) is 5.12. The largest absolute Gasteiger partial charge is 0.755 e. The number of furan rings is 1. The Bertz CT molecular complexity index is 1020. The van der Waals surface area contributed by atoms with Gasteiger partial charge in [-0.05, 0) is 56.7 Å². The van der Waals surface area contributed by atoms with E-state index in [4.69, 9.17) is 4.42 Å². The van der Waals surface area contributed by atoms with Crippen LogP contribution in [0.3, 0.4) is 0 Å². The van der Waals surface area contributed by atoms with Gasteiger partial charge in [-0.3, -0.25) is 13.3 Å². The van der Waals surface area contributed by atoms with E-state index in [9.17, 15) is 13.6 Å². The molecule has 2 atom stereocenters. The molecule has 2 aromatic heterocycles. The summed E-state index contributed by atoms with van der Waals surface area (Å²) in [6, 6.07) is 13.3. The number of aryl methyl sites for hydroxylation is 2. The highest BCUT2D eigenvalue weighted by atomic mass is 32.2. The van der Waals surface area contributed by atoms with Crippen LogP contribution in [0.1, 0.15) is 46.8 Å². The minimum atomic E-state index is -2.66. The van der Waals surface area contributed by atoms with Gasteiger partial charge in [0.05, 0.1) is 28.6 Å². The number of anilines is 2. The Balaban J connectivity index is 1.99. The molecule has 2 heterocycles. The number of nitrogens with one attached hydrogen (secondary N) is 1. The number of benzene rings is 1. The van der Waals surface area contributed by atoms with Crippen molar-refractivity contribution < 1.29 is 18.0 Å². The highest BCUT2D eigenvalue weighted by molar-refractivity contribution is 7.81. The zero-order chi connectivity index (χ0) is 21.0. The Kier molecular flexibility index (Phi) is 6.46. The molecule has 0 saturated heterocycles. The van der Waals surface area contributed by atoms with E-state index in [2.05, 4.69) is 10.3 Å². The van der Waals surface area contributed by atoms with Crippen molar-refractivity contribution in [1.82, 2.24) is 10.3 Å². The van der Waals surface area contributed by atoms with Gasteiger partial charge in [-0.15, -0.1) is 0 Å². The number of nitrogens with zero attached hydrogens (tertiary/aromatic N) is 2. The summed E-state index contributed by atoms with van der Waals surface area (Å²) in [6.45, 7) is 5.62. The fraction of sp³-hybridized carbons (Fsp3) is 0.238. The van der Waals surface area contributed by atoms with Gasteiger partial charge in [0.2, 0.25) is 0 Å². The molecule has 3 rings (SSSR count). The van der Waals surface area contributed by atoms with E-state index in [0.717, 1.165) is 15.6 Å². The summed E-state index contributed by atoms with van der Waals surface area (Å²) < 4.78 is 30.7. The van der Waals surface area contributed by atoms with Crippen LogP contribution >= 0.6 is 0 Å². The quantitative estimate of drug-likeness (QED) is 0.589. The zero-order valence-electron chi connectivity index (χ0n) is 16.4. The number of rotatable bonds is 7. The van der Waals surface area contributed by atoms with Crippen molar-refractivity contribution in [3.8, 4) is 0 Å². The molecule has 0 radical (unpaired) electrons. The molecule has 1 amide bonds. The summed E-state index contributed by atoms with van der Waals surface area (Å²) in [5.74, 6) is 1.22. The van der Waals surface area contributed by atoms with Gasteiger partial charge in [0.25, 0.3) is 5.91 Å². The van der Waals surface area contributed by atoms with Gasteiger partial charge in [-0.1, -0.05) is 24.6 Å². The summed E-state index contributed by atoms with van der Waals surface area (Å²) in [7, 11) is 0. The Hall–Kier alpha value is -2.97. The van der Waals surface area contributed by atoms with Crippen LogP contribution in [0.4, 0.5) is 11.5 Å². The molecule has 8 heteroatoms. The lowest BCUT2D eigenvalue weighted by Crippen LogP contribution is -2.30.